The number of benzene rings is 1. The SMILES string of the molecule is NCCC1CCCc2c1c(-c1ccc(N)cc1)nn2CCO. The molecule has 1 aliphatic carbocycles. The Morgan fingerprint density at radius 2 is 2.05 bits per heavy atom. The molecule has 0 saturated carbocycles. The molecule has 5 nitrogen and oxygen atoms in total. The number of aromatic nitrogens is 2. The standard InChI is InChI=1S/C17H24N4O/c18-9-8-12-2-1-3-15-16(12)17(20-21(15)10-11-22)13-4-6-14(19)7-5-13/h4-7,12,22H,1-3,8-11,18-19H2. The molecule has 1 unspecified atom stereocenters. The highest BCUT2D eigenvalue weighted by Gasteiger charge is 2.28. The first-order valence-corrected chi connectivity index (χ1v) is 8.01. The first-order chi connectivity index (χ1) is 10.7. The lowest BCUT2D eigenvalue weighted by Crippen LogP contribution is -2.16. The third-order valence-electron chi connectivity index (χ3n) is 4.48. The molecule has 0 amide bonds. The van der Waals surface area contributed by atoms with E-state index < -0.39 is 0 Å². The van der Waals surface area contributed by atoms with E-state index in [4.69, 9.17) is 16.6 Å². The summed E-state index contributed by atoms with van der Waals surface area (Å²) in [5.41, 5.74) is 17.1. The minimum absolute atomic E-state index is 0.108. The molecule has 5 N–H and O–H groups in total. The molecular formula is C17H24N4O. The van der Waals surface area contributed by atoms with Crippen LogP contribution in [0.2, 0.25) is 0 Å². The summed E-state index contributed by atoms with van der Waals surface area (Å²) in [5.74, 6) is 0.466. The number of fused-ring (bicyclic) bond motifs is 1. The molecule has 2 aromatic rings. The zero-order valence-corrected chi connectivity index (χ0v) is 12.8. The second-order valence-electron chi connectivity index (χ2n) is 5.94. The van der Waals surface area contributed by atoms with Gasteiger partial charge in [-0.1, -0.05) is 12.1 Å². The number of anilines is 1. The average molecular weight is 300 g/mol. The van der Waals surface area contributed by atoms with Crippen LogP contribution >= 0.6 is 0 Å². The summed E-state index contributed by atoms with van der Waals surface area (Å²) in [4.78, 5) is 0. The Morgan fingerprint density at radius 1 is 1.27 bits per heavy atom. The number of nitrogens with two attached hydrogens (primary N) is 2. The summed E-state index contributed by atoms with van der Waals surface area (Å²) >= 11 is 0. The molecule has 22 heavy (non-hydrogen) atoms. The van der Waals surface area contributed by atoms with Crippen LogP contribution < -0.4 is 11.5 Å². The molecule has 1 heterocycles. The van der Waals surface area contributed by atoms with Gasteiger partial charge in [-0.25, -0.2) is 0 Å². The Hall–Kier alpha value is -1.85. The maximum Gasteiger partial charge on any atom is 0.0960 e. The van der Waals surface area contributed by atoms with E-state index in [0.717, 1.165) is 42.6 Å². The van der Waals surface area contributed by atoms with Gasteiger partial charge < -0.3 is 16.6 Å². The van der Waals surface area contributed by atoms with Crippen LogP contribution in [0.5, 0.6) is 0 Å². The molecule has 1 aromatic heterocycles. The van der Waals surface area contributed by atoms with Crippen LogP contribution in [0, 0.1) is 0 Å². The predicted molar refractivity (Wildman–Crippen MR) is 88.5 cm³/mol. The van der Waals surface area contributed by atoms with E-state index in [1.807, 2.05) is 28.9 Å². The molecule has 0 spiro atoms. The van der Waals surface area contributed by atoms with Gasteiger partial charge in [0.15, 0.2) is 0 Å². The van der Waals surface area contributed by atoms with Crippen molar-refractivity contribution >= 4 is 5.69 Å². The van der Waals surface area contributed by atoms with Gasteiger partial charge in [0.1, 0.15) is 0 Å². The van der Waals surface area contributed by atoms with Crippen LogP contribution in [0.25, 0.3) is 11.3 Å². The first kappa shape index (κ1) is 15.1. The number of aliphatic hydroxyl groups excluding tert-OH is 1. The highest BCUT2D eigenvalue weighted by Crippen LogP contribution is 2.40. The minimum Gasteiger partial charge on any atom is -0.399 e. The van der Waals surface area contributed by atoms with Gasteiger partial charge in [-0.05, 0) is 50.3 Å². The van der Waals surface area contributed by atoms with Crippen LogP contribution in [0.15, 0.2) is 24.3 Å². The molecule has 118 valence electrons. The van der Waals surface area contributed by atoms with Crippen LogP contribution in [-0.2, 0) is 13.0 Å². The van der Waals surface area contributed by atoms with Gasteiger partial charge in [-0.15, -0.1) is 0 Å². The van der Waals surface area contributed by atoms with Crippen molar-refractivity contribution in [1.29, 1.82) is 0 Å². The Balaban J connectivity index is 2.10. The van der Waals surface area contributed by atoms with Gasteiger partial charge >= 0.3 is 0 Å². The number of hydrogen-bond donors (Lipinski definition) is 3. The maximum atomic E-state index is 9.31. The summed E-state index contributed by atoms with van der Waals surface area (Å²) in [7, 11) is 0. The second-order valence-corrected chi connectivity index (χ2v) is 5.94. The summed E-state index contributed by atoms with van der Waals surface area (Å²) in [6.45, 7) is 1.35. The zero-order chi connectivity index (χ0) is 15.5. The van der Waals surface area contributed by atoms with Crippen molar-refractivity contribution in [1.82, 2.24) is 9.78 Å². The lowest BCUT2D eigenvalue weighted by molar-refractivity contribution is 0.266. The molecule has 0 aliphatic heterocycles. The van der Waals surface area contributed by atoms with Crippen molar-refractivity contribution in [2.75, 3.05) is 18.9 Å². The summed E-state index contributed by atoms with van der Waals surface area (Å²) in [6.07, 6.45) is 4.34. The van der Waals surface area contributed by atoms with Gasteiger partial charge in [0.05, 0.1) is 18.8 Å². The molecule has 0 bridgehead atoms. The smallest absolute Gasteiger partial charge is 0.0960 e. The topological polar surface area (TPSA) is 90.1 Å². The Bertz CT molecular complexity index is 633. The van der Waals surface area contributed by atoms with Crippen LogP contribution in [0.1, 0.15) is 36.4 Å². The molecule has 0 saturated heterocycles. The van der Waals surface area contributed by atoms with Crippen molar-refractivity contribution < 1.29 is 5.11 Å². The monoisotopic (exact) mass is 300 g/mol. The Kier molecular flexibility index (Phi) is 4.45. The lowest BCUT2D eigenvalue weighted by Gasteiger charge is -2.23. The van der Waals surface area contributed by atoms with E-state index in [2.05, 4.69) is 0 Å². The fourth-order valence-electron chi connectivity index (χ4n) is 3.49. The van der Waals surface area contributed by atoms with Crippen molar-refractivity contribution in [3.63, 3.8) is 0 Å². The van der Waals surface area contributed by atoms with Gasteiger partial charge in [0.25, 0.3) is 0 Å². The van der Waals surface area contributed by atoms with E-state index >= 15 is 0 Å². The molecule has 5 heteroatoms. The van der Waals surface area contributed by atoms with Crippen molar-refractivity contribution in [2.24, 2.45) is 5.73 Å². The maximum absolute atomic E-state index is 9.31. The average Bonchev–Trinajstić information content (AvgIpc) is 2.89. The minimum atomic E-state index is 0.108. The van der Waals surface area contributed by atoms with Gasteiger partial charge in [-0.3, -0.25) is 4.68 Å². The van der Waals surface area contributed by atoms with Crippen molar-refractivity contribution in [2.45, 2.75) is 38.1 Å². The zero-order valence-electron chi connectivity index (χ0n) is 12.8. The third-order valence-corrected chi connectivity index (χ3v) is 4.48. The quantitative estimate of drug-likeness (QED) is 0.736. The largest absolute Gasteiger partial charge is 0.399 e. The fourth-order valence-corrected chi connectivity index (χ4v) is 3.49. The predicted octanol–water partition coefficient (Wildman–Crippen LogP) is 1.89. The lowest BCUT2D eigenvalue weighted by atomic mass is 9.82. The summed E-state index contributed by atoms with van der Waals surface area (Å²) < 4.78 is 1.98. The van der Waals surface area contributed by atoms with Gasteiger partial charge in [-0.2, -0.15) is 5.10 Å². The van der Waals surface area contributed by atoms with Crippen LogP contribution in [0.3, 0.4) is 0 Å². The molecular weight excluding hydrogens is 276 g/mol. The third kappa shape index (κ3) is 2.74. The second kappa shape index (κ2) is 6.50. The van der Waals surface area contributed by atoms with E-state index in [1.54, 1.807) is 0 Å². The van der Waals surface area contributed by atoms with Gasteiger partial charge in [0, 0.05) is 22.5 Å². The molecule has 1 aromatic carbocycles. The van der Waals surface area contributed by atoms with E-state index in [0.29, 0.717) is 19.0 Å². The first-order valence-electron chi connectivity index (χ1n) is 8.01. The van der Waals surface area contributed by atoms with E-state index in [9.17, 15) is 5.11 Å². The fraction of sp³-hybridized carbons (Fsp3) is 0.471. The van der Waals surface area contributed by atoms with Crippen molar-refractivity contribution in [3.8, 4) is 11.3 Å². The van der Waals surface area contributed by atoms with E-state index in [1.165, 1.54) is 11.3 Å². The highest BCUT2D eigenvalue weighted by molar-refractivity contribution is 5.67. The molecule has 1 atom stereocenters. The summed E-state index contributed by atoms with van der Waals surface area (Å²) in [5, 5.41) is 14.1. The van der Waals surface area contributed by atoms with Crippen LogP contribution in [0.4, 0.5) is 5.69 Å². The normalized spacial score (nSPS) is 17.5. The number of nitrogens with zero attached hydrogens (tertiary/aromatic N) is 2. The van der Waals surface area contributed by atoms with E-state index in [-0.39, 0.29) is 6.61 Å². The number of nitrogen functional groups attached to an aromatic ring is 1. The molecule has 3 rings (SSSR count). The van der Waals surface area contributed by atoms with Crippen molar-refractivity contribution in [3.05, 3.63) is 35.5 Å². The number of hydrogen-bond acceptors (Lipinski definition) is 4. The van der Waals surface area contributed by atoms with Crippen LogP contribution in [-0.4, -0.2) is 28.0 Å². The number of aliphatic hydroxyl groups is 1. The molecule has 1 aliphatic rings. The Labute approximate surface area is 130 Å². The van der Waals surface area contributed by atoms with Gasteiger partial charge in [0.2, 0.25) is 0 Å². The Morgan fingerprint density at radius 3 is 2.73 bits per heavy atom. The number of rotatable bonds is 5. The molecule has 0 fully saturated rings. The highest BCUT2D eigenvalue weighted by atomic mass is 16.3. The molecule has 0 radical (unpaired) electrons. The summed E-state index contributed by atoms with van der Waals surface area (Å²) in [6, 6.07) is 7.87.